The highest BCUT2D eigenvalue weighted by atomic mass is 32.2. The van der Waals surface area contributed by atoms with E-state index in [9.17, 15) is 14.0 Å². The Morgan fingerprint density at radius 1 is 1.24 bits per heavy atom. The highest BCUT2D eigenvalue weighted by molar-refractivity contribution is 8.15. The normalized spacial score (nSPS) is 18.5. The van der Waals surface area contributed by atoms with E-state index < -0.39 is 17.1 Å². The van der Waals surface area contributed by atoms with Gasteiger partial charge in [-0.1, -0.05) is 43.0 Å². The molecule has 0 saturated heterocycles. The van der Waals surface area contributed by atoms with Crippen LogP contribution in [0, 0.1) is 5.82 Å². The van der Waals surface area contributed by atoms with Crippen molar-refractivity contribution in [3.8, 4) is 0 Å². The van der Waals surface area contributed by atoms with E-state index in [4.69, 9.17) is 0 Å². The quantitative estimate of drug-likeness (QED) is 0.829. The molecule has 2 aliphatic rings. The van der Waals surface area contributed by atoms with Gasteiger partial charge < -0.3 is 5.32 Å². The topological polar surface area (TPSA) is 74.1 Å². The minimum absolute atomic E-state index is 0.126. The number of benzene rings is 2. The predicted octanol–water partition coefficient (Wildman–Crippen LogP) is 3.95. The number of nitrogens with zero attached hydrogens (tertiary/aromatic N) is 3. The molecule has 0 saturated carbocycles. The van der Waals surface area contributed by atoms with E-state index in [0.29, 0.717) is 23.1 Å². The molecule has 6 nitrogen and oxygen atoms in total. The molecule has 2 heterocycles. The Hall–Kier alpha value is -3.00. The molecule has 0 aromatic heterocycles. The number of nitrogens with one attached hydrogen (secondary N) is 1. The summed E-state index contributed by atoms with van der Waals surface area (Å²) in [5.74, 6) is -0.463. The fraction of sp³-hybridized carbons (Fsp3) is 0.238. The second kappa shape index (κ2) is 7.79. The van der Waals surface area contributed by atoms with Crippen molar-refractivity contribution in [2.24, 2.45) is 9.98 Å². The fourth-order valence-corrected chi connectivity index (χ4v) is 4.20. The molecule has 0 spiro atoms. The Morgan fingerprint density at radius 2 is 1.97 bits per heavy atom. The first-order valence-corrected chi connectivity index (χ1v) is 10.2. The lowest BCUT2D eigenvalue weighted by molar-refractivity contribution is -0.124. The molecule has 2 aliphatic heterocycles. The van der Waals surface area contributed by atoms with E-state index in [1.54, 1.807) is 19.1 Å². The third-order valence-electron chi connectivity index (χ3n) is 4.70. The van der Waals surface area contributed by atoms with Crippen molar-refractivity contribution in [1.29, 1.82) is 0 Å². The van der Waals surface area contributed by atoms with E-state index >= 15 is 0 Å². The number of halogens is 1. The Labute approximate surface area is 171 Å². The molecule has 0 radical (unpaired) electrons. The maximum atomic E-state index is 13.9. The molecule has 2 aromatic rings. The number of carbonyl (C=O) groups is 2. The zero-order chi connectivity index (χ0) is 20.5. The van der Waals surface area contributed by atoms with Crippen LogP contribution < -0.4 is 5.32 Å². The predicted molar refractivity (Wildman–Crippen MR) is 113 cm³/mol. The Bertz CT molecular complexity index is 1050. The molecule has 2 atom stereocenters. The van der Waals surface area contributed by atoms with Crippen molar-refractivity contribution in [3.63, 3.8) is 0 Å². The largest absolute Gasteiger partial charge is 0.323 e. The Morgan fingerprint density at radius 3 is 2.72 bits per heavy atom. The summed E-state index contributed by atoms with van der Waals surface area (Å²) in [4.78, 5) is 36.1. The number of hydrogen-bond donors (Lipinski definition) is 1. The first-order valence-electron chi connectivity index (χ1n) is 9.31. The molecule has 2 amide bonds. The smallest absolute Gasteiger partial charge is 0.258 e. The van der Waals surface area contributed by atoms with Crippen LogP contribution in [0.4, 0.5) is 15.8 Å². The van der Waals surface area contributed by atoms with Crippen molar-refractivity contribution in [3.05, 3.63) is 59.9 Å². The number of anilines is 1. The Balaban J connectivity index is 1.62. The Kier molecular flexibility index (Phi) is 5.19. The first kappa shape index (κ1) is 19.3. The average Bonchev–Trinajstić information content (AvgIpc) is 3.03. The summed E-state index contributed by atoms with van der Waals surface area (Å²) in [5.41, 5.74) is 1.62. The first-order chi connectivity index (χ1) is 14.0. The lowest BCUT2D eigenvalue weighted by Crippen LogP contribution is -2.42. The lowest BCUT2D eigenvalue weighted by Gasteiger charge is -2.27. The van der Waals surface area contributed by atoms with Crippen LogP contribution in [0.5, 0.6) is 0 Å². The average molecular weight is 410 g/mol. The van der Waals surface area contributed by atoms with Gasteiger partial charge in [0.15, 0.2) is 5.17 Å². The fourth-order valence-electron chi connectivity index (χ4n) is 3.18. The van der Waals surface area contributed by atoms with Gasteiger partial charge in [0.25, 0.3) is 5.91 Å². The number of amidine groups is 2. The zero-order valence-electron chi connectivity index (χ0n) is 15.9. The molecule has 148 valence electrons. The van der Waals surface area contributed by atoms with Crippen molar-refractivity contribution in [2.45, 2.75) is 31.6 Å². The van der Waals surface area contributed by atoms with E-state index in [1.807, 2.05) is 31.2 Å². The maximum Gasteiger partial charge on any atom is 0.258 e. The van der Waals surface area contributed by atoms with Crippen molar-refractivity contribution < 1.29 is 14.0 Å². The van der Waals surface area contributed by atoms with Crippen molar-refractivity contribution >= 4 is 46.0 Å². The number of carbonyl (C=O) groups excluding carboxylic acids is 2. The summed E-state index contributed by atoms with van der Waals surface area (Å²) in [5, 5.41) is 2.48. The molecule has 4 rings (SSSR count). The highest BCUT2D eigenvalue weighted by Crippen LogP contribution is 2.35. The van der Waals surface area contributed by atoms with Crippen LogP contribution in [-0.2, 0) is 9.59 Å². The number of aliphatic imine (C=N–C) groups is 2. The van der Waals surface area contributed by atoms with Gasteiger partial charge in [0.05, 0.1) is 16.6 Å². The van der Waals surface area contributed by atoms with E-state index in [-0.39, 0.29) is 17.5 Å². The van der Waals surface area contributed by atoms with Gasteiger partial charge in [0.1, 0.15) is 17.7 Å². The number of para-hydroxylation sites is 2. The van der Waals surface area contributed by atoms with Gasteiger partial charge in [0.2, 0.25) is 5.91 Å². The minimum atomic E-state index is -0.552. The summed E-state index contributed by atoms with van der Waals surface area (Å²) in [6.07, 6.45) is 0.482. The van der Waals surface area contributed by atoms with Gasteiger partial charge in [0, 0.05) is 5.56 Å². The minimum Gasteiger partial charge on any atom is -0.323 e. The van der Waals surface area contributed by atoms with Crippen LogP contribution in [0.2, 0.25) is 0 Å². The molecule has 1 N–H and O–H groups in total. The van der Waals surface area contributed by atoms with Crippen LogP contribution >= 0.6 is 11.8 Å². The van der Waals surface area contributed by atoms with Gasteiger partial charge in [-0.2, -0.15) is 0 Å². The van der Waals surface area contributed by atoms with Crippen LogP contribution in [0.1, 0.15) is 25.8 Å². The molecule has 0 fully saturated rings. The molecule has 8 heteroatoms. The number of thioether (sulfide) groups is 1. The summed E-state index contributed by atoms with van der Waals surface area (Å²) >= 11 is 1.18. The molecule has 0 bridgehead atoms. The zero-order valence-corrected chi connectivity index (χ0v) is 16.7. The van der Waals surface area contributed by atoms with E-state index in [0.717, 1.165) is 5.56 Å². The maximum absolute atomic E-state index is 13.9. The molecular formula is C21H19FN4O2S. The summed E-state index contributed by atoms with van der Waals surface area (Å²) < 4.78 is 13.9. The van der Waals surface area contributed by atoms with E-state index in [1.165, 1.54) is 28.8 Å². The van der Waals surface area contributed by atoms with Crippen molar-refractivity contribution in [2.75, 3.05) is 5.32 Å². The molecule has 2 aromatic carbocycles. The number of fused-ring (bicyclic) bond motifs is 3. The lowest BCUT2D eigenvalue weighted by atomic mass is 10.1. The molecule has 0 unspecified atom stereocenters. The van der Waals surface area contributed by atoms with Gasteiger partial charge >= 0.3 is 0 Å². The van der Waals surface area contributed by atoms with Gasteiger partial charge in [-0.05, 0) is 37.6 Å². The third kappa shape index (κ3) is 3.55. The van der Waals surface area contributed by atoms with E-state index in [2.05, 4.69) is 15.3 Å². The number of rotatable bonds is 4. The van der Waals surface area contributed by atoms with Crippen molar-refractivity contribution in [1.82, 2.24) is 4.90 Å². The molecular weight excluding hydrogens is 391 g/mol. The standard InChI is InChI=1S/C21H19FN4O2S/c1-3-17(19(27)24-16-11-7-5-9-14(16)22)29-21-25-15-10-6-4-8-13(15)18-23-12(2)20(28)26(18)21/h4-12,17H,3H2,1-2H3,(H,24,27)/t12-,17-/m1/s1. The van der Waals surface area contributed by atoms with Crippen LogP contribution in [0.25, 0.3) is 0 Å². The van der Waals surface area contributed by atoms with Gasteiger partial charge in [-0.15, -0.1) is 0 Å². The highest BCUT2D eigenvalue weighted by Gasteiger charge is 2.40. The summed E-state index contributed by atoms with van der Waals surface area (Å²) in [6.45, 7) is 3.60. The van der Waals surface area contributed by atoms with Crippen LogP contribution in [0.15, 0.2) is 58.5 Å². The summed E-state index contributed by atoms with van der Waals surface area (Å²) in [7, 11) is 0. The molecule has 0 aliphatic carbocycles. The van der Waals surface area contributed by atoms with Crippen LogP contribution in [0.3, 0.4) is 0 Å². The van der Waals surface area contributed by atoms with Crippen LogP contribution in [-0.4, -0.2) is 39.0 Å². The van der Waals surface area contributed by atoms with Gasteiger partial charge in [-0.25, -0.2) is 14.3 Å². The second-order valence-corrected chi connectivity index (χ2v) is 7.87. The monoisotopic (exact) mass is 410 g/mol. The summed E-state index contributed by atoms with van der Waals surface area (Å²) in [6, 6.07) is 13.0. The second-order valence-electron chi connectivity index (χ2n) is 6.70. The SMILES string of the molecule is CC[C@@H](SC1=Nc2ccccc2C2=N[C@H](C)C(=O)N12)C(=O)Nc1ccccc1F. The third-order valence-corrected chi connectivity index (χ3v) is 6.02. The van der Waals surface area contributed by atoms with Gasteiger partial charge in [-0.3, -0.25) is 14.6 Å². The number of hydrogen-bond acceptors (Lipinski definition) is 5. The molecule has 29 heavy (non-hydrogen) atoms. The number of amides is 2.